The molecule has 2 bridgehead atoms. The fourth-order valence-electron chi connectivity index (χ4n) is 5.21. The van der Waals surface area contributed by atoms with E-state index in [0.717, 1.165) is 0 Å². The van der Waals surface area contributed by atoms with Gasteiger partial charge in [-0.15, -0.1) is 0 Å². The Morgan fingerprint density at radius 2 is 1.58 bits per heavy atom. The van der Waals surface area contributed by atoms with Gasteiger partial charge in [0.25, 0.3) is 5.56 Å². The van der Waals surface area contributed by atoms with Gasteiger partial charge in [0.15, 0.2) is 35.1 Å². The number of nitrogen functional groups attached to an aromatic ring is 2. The van der Waals surface area contributed by atoms with Crippen LogP contribution in [0.15, 0.2) is 23.8 Å². The van der Waals surface area contributed by atoms with E-state index in [2.05, 4.69) is 29.9 Å². The quantitative estimate of drug-likeness (QED) is 0.0915. The molecule has 0 amide bonds. The molecule has 3 aliphatic rings. The van der Waals surface area contributed by atoms with Gasteiger partial charge in [-0.1, -0.05) is 0 Å². The van der Waals surface area contributed by atoms with Gasteiger partial charge in [-0.3, -0.25) is 28.0 Å². The third-order valence-electron chi connectivity index (χ3n) is 7.22. The number of phosphoric ester groups is 1. The van der Waals surface area contributed by atoms with E-state index in [1.54, 1.807) is 0 Å². The third kappa shape index (κ3) is 5.34. The van der Waals surface area contributed by atoms with Crippen molar-refractivity contribution in [2.24, 2.45) is 0 Å². The highest BCUT2D eigenvalue weighted by Gasteiger charge is 2.52. The minimum Gasteiger partial charge on any atom is -0.387 e. The Morgan fingerprint density at radius 3 is 2.36 bits per heavy atom. The van der Waals surface area contributed by atoms with Crippen molar-refractivity contribution in [3.05, 3.63) is 29.3 Å². The molecule has 0 saturated carbocycles. The zero-order valence-electron chi connectivity index (χ0n) is 22.0. The molecule has 3 aliphatic heterocycles. The molecule has 4 aromatic rings. The summed E-state index contributed by atoms with van der Waals surface area (Å²) in [5.74, 6) is -0.147. The van der Waals surface area contributed by atoms with E-state index < -0.39 is 90.7 Å². The number of aromatic amines is 1. The fourth-order valence-corrected chi connectivity index (χ4v) is 6.93. The van der Waals surface area contributed by atoms with Crippen molar-refractivity contribution in [1.82, 2.24) is 39.0 Å². The van der Waals surface area contributed by atoms with E-state index in [9.17, 15) is 29.0 Å². The minimum absolute atomic E-state index is 0.0268. The molecular weight excluding hydrogens is 645 g/mol. The van der Waals surface area contributed by atoms with Gasteiger partial charge in [-0.05, 0) is 0 Å². The van der Waals surface area contributed by atoms with E-state index in [0.29, 0.717) is 0 Å². The largest absolute Gasteiger partial charge is 0.472 e. The number of H-pyrrole nitrogens is 1. The Hall–Kier alpha value is -3.34. The van der Waals surface area contributed by atoms with Crippen molar-refractivity contribution >= 4 is 57.0 Å². The van der Waals surface area contributed by atoms with Crippen LogP contribution in [0, 0.1) is 0 Å². The van der Waals surface area contributed by atoms with Crippen molar-refractivity contribution < 1.29 is 51.8 Å². The number of rotatable bonds is 2. The van der Waals surface area contributed by atoms with Crippen molar-refractivity contribution in [1.29, 1.82) is 0 Å². The Morgan fingerprint density at radius 1 is 0.889 bits per heavy atom. The summed E-state index contributed by atoms with van der Waals surface area (Å²) < 4.78 is 63.4. The van der Waals surface area contributed by atoms with Crippen LogP contribution >= 0.6 is 15.3 Å². The number of ether oxygens (including phenoxy) is 2. The van der Waals surface area contributed by atoms with Gasteiger partial charge < -0.3 is 49.7 Å². The van der Waals surface area contributed by atoms with Gasteiger partial charge in [0.05, 0.1) is 33.4 Å². The van der Waals surface area contributed by atoms with Crippen molar-refractivity contribution in [3.8, 4) is 0 Å². The standard InChI is InChI=1S/C20H26BN10O12P2/c21-44(35)38-2-7-12(11(33)18(41-7)30-4-26-8-14(22)24-3-25-15(8)30)43-45(36,37)39-1-6-10(32)13(42-44)19(40-6)31-5-27-9-16(31)28-20(23)29-17(9)34/h3-7,10-13,18-19,32-33H,1-2H2,21H3,(H,36,37)(H2,22,24,25)(H3,23,28,29,34)/q-1/t6-,7-,10+,11+,12?,13?,18-,19-,44?/m1/s1. The number of aromatic nitrogens is 8. The van der Waals surface area contributed by atoms with E-state index in [-0.39, 0.29) is 34.1 Å². The summed E-state index contributed by atoms with van der Waals surface area (Å²) in [5.41, 5.74) is 11.2. The van der Waals surface area contributed by atoms with Gasteiger partial charge in [0.1, 0.15) is 55.9 Å². The molecule has 22 nitrogen and oxygen atoms in total. The first-order valence-corrected chi connectivity index (χ1v) is 15.3. The summed E-state index contributed by atoms with van der Waals surface area (Å²) in [6.45, 7) is -1.24. The summed E-state index contributed by atoms with van der Waals surface area (Å²) >= 11 is 0. The van der Waals surface area contributed by atoms with Crippen LogP contribution in [0.1, 0.15) is 12.5 Å². The van der Waals surface area contributed by atoms with Gasteiger partial charge in [0, 0.05) is 0 Å². The predicted octanol–water partition coefficient (Wildman–Crippen LogP) is -2.97. The number of hydrogen-bond donors (Lipinski definition) is 6. The molecule has 3 saturated heterocycles. The maximum absolute atomic E-state index is 13.7. The van der Waals surface area contributed by atoms with Crippen LogP contribution in [0.4, 0.5) is 11.8 Å². The number of nitrogens with zero attached hydrogens (tertiary/aromatic N) is 7. The van der Waals surface area contributed by atoms with Crippen molar-refractivity contribution in [3.63, 3.8) is 0 Å². The topological polar surface area (TPSA) is 309 Å². The Bertz CT molecular complexity index is 1940. The molecule has 8 N–H and O–H groups in total. The number of aliphatic hydroxyl groups is 2. The molecule has 4 aromatic heterocycles. The summed E-state index contributed by atoms with van der Waals surface area (Å²) in [4.78, 5) is 45.5. The second kappa shape index (κ2) is 10.9. The lowest BCUT2D eigenvalue weighted by atomic mass is 10.1. The number of aliphatic hydroxyl groups excluding tert-OH is 2. The molecule has 0 aromatic carbocycles. The van der Waals surface area contributed by atoms with Gasteiger partial charge in [0.2, 0.25) is 5.95 Å². The second-order valence-electron chi connectivity index (χ2n) is 9.89. The number of anilines is 2. The summed E-state index contributed by atoms with van der Waals surface area (Å²) in [7, 11) is -10.1. The van der Waals surface area contributed by atoms with Crippen LogP contribution in [0.2, 0.25) is 0 Å². The highest BCUT2D eigenvalue weighted by Crippen LogP contribution is 2.53. The van der Waals surface area contributed by atoms with E-state index >= 15 is 0 Å². The van der Waals surface area contributed by atoms with Gasteiger partial charge in [-0.2, -0.15) is 4.98 Å². The molecule has 7 heterocycles. The normalized spacial score (nSPS) is 37.7. The maximum atomic E-state index is 13.7. The van der Waals surface area contributed by atoms with Crippen molar-refractivity contribution in [2.45, 2.75) is 49.1 Å². The van der Waals surface area contributed by atoms with Crippen LogP contribution in [0.5, 0.6) is 0 Å². The highest BCUT2D eigenvalue weighted by molar-refractivity contribution is 7.79. The fraction of sp³-hybridized carbons (Fsp3) is 0.500. The SMILES string of the molecule is [BH3-]P1(=O)OC[C@H]2O[C@@H](n3cnc4c(N)ncnc43)[C@@H](O)C2OP(=O)(O)OC[C@H]2O[C@@H](n3cnc4c(=O)[nH]c(N)nc43)C(O1)[C@H]2O. The number of nitrogens with two attached hydrogens (primary N) is 2. The first-order chi connectivity index (χ1) is 21.3. The molecule has 242 valence electrons. The molecule has 3 fully saturated rings. The van der Waals surface area contributed by atoms with E-state index in [4.69, 9.17) is 39.0 Å². The Balaban J connectivity index is 1.21. The molecule has 0 radical (unpaired) electrons. The van der Waals surface area contributed by atoms with Crippen LogP contribution in [-0.2, 0) is 36.7 Å². The Kier molecular flexibility index (Phi) is 7.34. The molecular formula is C20H26BN10O12P2-. The summed E-state index contributed by atoms with van der Waals surface area (Å²) in [6, 6.07) is 0. The second-order valence-corrected chi connectivity index (χ2v) is 12.2. The molecule has 4 unspecified atom stereocenters. The third-order valence-corrected chi connectivity index (χ3v) is 8.98. The number of fused-ring (bicyclic) bond motifs is 5. The highest BCUT2D eigenvalue weighted by atomic mass is 31.2. The first kappa shape index (κ1) is 30.3. The first-order valence-electron chi connectivity index (χ1n) is 12.8. The number of nitrogens with one attached hydrogen (secondary N) is 1. The van der Waals surface area contributed by atoms with Gasteiger partial charge in [-0.25, -0.2) is 24.5 Å². The molecule has 0 spiro atoms. The number of imidazole rings is 2. The lowest BCUT2D eigenvalue weighted by Crippen LogP contribution is -2.36. The van der Waals surface area contributed by atoms with E-state index in [1.165, 1.54) is 28.1 Å². The average molecular weight is 671 g/mol. The Labute approximate surface area is 251 Å². The molecule has 7 rings (SSSR count). The molecule has 0 aliphatic carbocycles. The van der Waals surface area contributed by atoms with Crippen LogP contribution in [0.3, 0.4) is 0 Å². The van der Waals surface area contributed by atoms with E-state index in [1.807, 2.05) is 0 Å². The summed E-state index contributed by atoms with van der Waals surface area (Å²) in [6.07, 6.45) is -7.61. The zero-order valence-corrected chi connectivity index (χ0v) is 23.7. The summed E-state index contributed by atoms with van der Waals surface area (Å²) in [5, 5.41) is 22.3. The van der Waals surface area contributed by atoms with Crippen LogP contribution in [0.25, 0.3) is 22.3 Å². The lowest BCUT2D eigenvalue weighted by Gasteiger charge is -2.30. The number of hydrogen-bond acceptors (Lipinski definition) is 18. The lowest BCUT2D eigenvalue weighted by molar-refractivity contribution is -0.0621. The zero-order chi connectivity index (χ0) is 31.8. The average Bonchev–Trinajstić information content (AvgIpc) is 3.72. The molecule has 45 heavy (non-hydrogen) atoms. The van der Waals surface area contributed by atoms with Gasteiger partial charge >= 0.3 is 7.82 Å². The predicted molar refractivity (Wildman–Crippen MR) is 151 cm³/mol. The van der Waals surface area contributed by atoms with Crippen molar-refractivity contribution in [2.75, 3.05) is 24.7 Å². The van der Waals surface area contributed by atoms with Crippen LogP contribution in [-0.4, -0.2) is 112 Å². The smallest absolute Gasteiger partial charge is 0.387 e. The number of phosphoric acid groups is 1. The molecule has 25 heteroatoms. The maximum Gasteiger partial charge on any atom is 0.472 e. The monoisotopic (exact) mass is 671 g/mol. The van der Waals surface area contributed by atoms with Crippen LogP contribution < -0.4 is 17.0 Å². The molecule has 10 atom stereocenters. The minimum atomic E-state index is -4.99.